The largest absolute Gasteiger partial charge is 0.342 e. The molecule has 1 aromatic carbocycles. The molecule has 1 unspecified atom stereocenters. The van der Waals surface area contributed by atoms with Gasteiger partial charge in [-0.15, -0.1) is 12.4 Å². The molecular formula is C19H24ClFN4O2. The van der Waals surface area contributed by atoms with Crippen LogP contribution in [0.5, 0.6) is 0 Å². The maximum Gasteiger partial charge on any atom is 0.231 e. The third-order valence-electron chi connectivity index (χ3n) is 5.31. The van der Waals surface area contributed by atoms with E-state index in [1.807, 2.05) is 4.90 Å². The van der Waals surface area contributed by atoms with Crippen molar-refractivity contribution < 1.29 is 13.7 Å². The molecule has 0 spiro atoms. The van der Waals surface area contributed by atoms with Crippen molar-refractivity contribution in [2.75, 3.05) is 26.2 Å². The first-order valence-electron chi connectivity index (χ1n) is 9.30. The quantitative estimate of drug-likeness (QED) is 0.866. The highest BCUT2D eigenvalue weighted by molar-refractivity contribution is 5.85. The number of amides is 1. The van der Waals surface area contributed by atoms with Crippen molar-refractivity contribution in [1.29, 1.82) is 0 Å². The number of carbonyl (C=O) groups excluding carboxylic acids is 1. The van der Waals surface area contributed by atoms with Gasteiger partial charge in [0, 0.05) is 24.6 Å². The molecule has 27 heavy (non-hydrogen) atoms. The van der Waals surface area contributed by atoms with Crippen LogP contribution in [0.2, 0.25) is 0 Å². The van der Waals surface area contributed by atoms with Crippen LogP contribution in [0.1, 0.15) is 37.5 Å². The van der Waals surface area contributed by atoms with Gasteiger partial charge in [-0.3, -0.25) is 4.79 Å². The first-order valence-corrected chi connectivity index (χ1v) is 9.30. The molecule has 0 radical (unpaired) electrons. The minimum absolute atomic E-state index is 0. The first kappa shape index (κ1) is 19.8. The lowest BCUT2D eigenvalue weighted by Crippen LogP contribution is -2.45. The zero-order chi connectivity index (χ0) is 17.9. The summed E-state index contributed by atoms with van der Waals surface area (Å²) < 4.78 is 18.5. The Hall–Kier alpha value is -1.99. The van der Waals surface area contributed by atoms with Crippen LogP contribution < -0.4 is 5.32 Å². The number of likely N-dealkylation sites (tertiary alicyclic amines) is 1. The summed E-state index contributed by atoms with van der Waals surface area (Å²) >= 11 is 0. The number of carbonyl (C=O) groups is 1. The van der Waals surface area contributed by atoms with E-state index in [1.54, 1.807) is 12.1 Å². The van der Waals surface area contributed by atoms with Gasteiger partial charge in [0.25, 0.3) is 0 Å². The molecule has 3 heterocycles. The molecule has 6 nitrogen and oxygen atoms in total. The number of halogens is 2. The second-order valence-electron chi connectivity index (χ2n) is 7.11. The molecule has 1 atom stereocenters. The summed E-state index contributed by atoms with van der Waals surface area (Å²) in [5.41, 5.74) is 0.722. The molecule has 2 saturated heterocycles. The van der Waals surface area contributed by atoms with E-state index in [1.165, 1.54) is 12.1 Å². The van der Waals surface area contributed by atoms with E-state index in [4.69, 9.17) is 4.52 Å². The molecule has 4 rings (SSSR count). The Kier molecular flexibility index (Phi) is 6.44. The molecule has 146 valence electrons. The number of hydrogen-bond donors (Lipinski definition) is 1. The van der Waals surface area contributed by atoms with Crippen LogP contribution in [0.4, 0.5) is 4.39 Å². The second kappa shape index (κ2) is 8.80. The highest BCUT2D eigenvalue weighted by Gasteiger charge is 2.32. The zero-order valence-electron chi connectivity index (χ0n) is 15.1. The monoisotopic (exact) mass is 394 g/mol. The summed E-state index contributed by atoms with van der Waals surface area (Å²) in [4.78, 5) is 19.2. The van der Waals surface area contributed by atoms with Crippen LogP contribution in [0, 0.1) is 11.7 Å². The summed E-state index contributed by atoms with van der Waals surface area (Å²) in [5.74, 6) is 1.18. The van der Waals surface area contributed by atoms with Gasteiger partial charge < -0.3 is 14.7 Å². The standard InChI is InChI=1S/C19H23FN4O2.ClH/c20-16-5-3-13(4-6-16)17-22-18(26-23-17)15-2-1-11-24(12-15)19(25)14-7-9-21-10-8-14;/h3-6,14-15,21H,1-2,7-12H2;1H. The van der Waals surface area contributed by atoms with E-state index in [0.29, 0.717) is 18.3 Å². The molecule has 0 saturated carbocycles. The van der Waals surface area contributed by atoms with Crippen molar-refractivity contribution in [3.05, 3.63) is 36.0 Å². The summed E-state index contributed by atoms with van der Waals surface area (Å²) in [6.07, 6.45) is 3.70. The summed E-state index contributed by atoms with van der Waals surface area (Å²) in [7, 11) is 0. The molecule has 0 aliphatic carbocycles. The number of aromatic nitrogens is 2. The SMILES string of the molecule is Cl.O=C(C1CCNCC1)N1CCCC(c2nc(-c3ccc(F)cc3)no2)C1. The van der Waals surface area contributed by atoms with E-state index < -0.39 is 0 Å². The second-order valence-corrected chi connectivity index (χ2v) is 7.11. The van der Waals surface area contributed by atoms with E-state index in [9.17, 15) is 9.18 Å². The Balaban J connectivity index is 0.00000210. The third kappa shape index (κ3) is 4.47. The molecule has 2 aliphatic heterocycles. The van der Waals surface area contributed by atoms with Gasteiger partial charge in [-0.05, 0) is 63.0 Å². The Morgan fingerprint density at radius 2 is 1.93 bits per heavy atom. The molecule has 2 aliphatic rings. The number of piperidine rings is 2. The van der Waals surface area contributed by atoms with Gasteiger partial charge in [-0.1, -0.05) is 5.16 Å². The maximum absolute atomic E-state index is 13.1. The van der Waals surface area contributed by atoms with Crippen LogP contribution >= 0.6 is 12.4 Å². The van der Waals surface area contributed by atoms with Gasteiger partial charge in [0.15, 0.2) is 0 Å². The minimum atomic E-state index is -0.295. The topological polar surface area (TPSA) is 71.3 Å². The van der Waals surface area contributed by atoms with E-state index in [2.05, 4.69) is 15.5 Å². The van der Waals surface area contributed by atoms with Crippen molar-refractivity contribution in [3.63, 3.8) is 0 Å². The minimum Gasteiger partial charge on any atom is -0.342 e. The van der Waals surface area contributed by atoms with Gasteiger partial charge in [0.2, 0.25) is 17.6 Å². The Bertz CT molecular complexity index is 761. The predicted molar refractivity (Wildman–Crippen MR) is 101 cm³/mol. The average Bonchev–Trinajstić information content (AvgIpc) is 3.19. The fourth-order valence-electron chi connectivity index (χ4n) is 3.82. The van der Waals surface area contributed by atoms with Crippen LogP contribution in [0.15, 0.2) is 28.8 Å². The molecule has 2 aromatic rings. The average molecular weight is 395 g/mol. The first-order chi connectivity index (χ1) is 12.7. The van der Waals surface area contributed by atoms with Gasteiger partial charge in [-0.25, -0.2) is 4.39 Å². The Morgan fingerprint density at radius 1 is 1.19 bits per heavy atom. The van der Waals surface area contributed by atoms with Gasteiger partial charge in [0.1, 0.15) is 5.82 Å². The van der Waals surface area contributed by atoms with Crippen LogP contribution in [0.3, 0.4) is 0 Å². The van der Waals surface area contributed by atoms with Crippen LogP contribution in [-0.2, 0) is 4.79 Å². The van der Waals surface area contributed by atoms with Crippen molar-refractivity contribution >= 4 is 18.3 Å². The van der Waals surface area contributed by atoms with Crippen molar-refractivity contribution in [2.45, 2.75) is 31.6 Å². The molecule has 1 aromatic heterocycles. The molecule has 0 bridgehead atoms. The van der Waals surface area contributed by atoms with Crippen molar-refractivity contribution in [1.82, 2.24) is 20.4 Å². The third-order valence-corrected chi connectivity index (χ3v) is 5.31. The smallest absolute Gasteiger partial charge is 0.231 e. The lowest BCUT2D eigenvalue weighted by atomic mass is 9.93. The number of nitrogens with one attached hydrogen (secondary N) is 1. The molecule has 1 N–H and O–H groups in total. The molecule has 8 heteroatoms. The lowest BCUT2D eigenvalue weighted by Gasteiger charge is -2.34. The Morgan fingerprint density at radius 3 is 2.67 bits per heavy atom. The highest BCUT2D eigenvalue weighted by atomic mass is 35.5. The summed E-state index contributed by atoms with van der Waals surface area (Å²) in [6.45, 7) is 3.27. The van der Waals surface area contributed by atoms with E-state index >= 15 is 0 Å². The zero-order valence-corrected chi connectivity index (χ0v) is 15.9. The van der Waals surface area contributed by atoms with E-state index in [0.717, 1.165) is 50.9 Å². The number of nitrogens with zero attached hydrogens (tertiary/aromatic N) is 3. The van der Waals surface area contributed by atoms with Crippen molar-refractivity contribution in [2.24, 2.45) is 5.92 Å². The van der Waals surface area contributed by atoms with Crippen molar-refractivity contribution in [3.8, 4) is 11.4 Å². The normalized spacial score (nSPS) is 20.9. The van der Waals surface area contributed by atoms with Gasteiger partial charge >= 0.3 is 0 Å². The maximum atomic E-state index is 13.1. The lowest BCUT2D eigenvalue weighted by molar-refractivity contribution is -0.137. The number of benzene rings is 1. The molecule has 1 amide bonds. The summed E-state index contributed by atoms with van der Waals surface area (Å²) in [6, 6.07) is 6.03. The Labute approximate surface area is 163 Å². The van der Waals surface area contributed by atoms with Crippen LogP contribution in [0.25, 0.3) is 11.4 Å². The predicted octanol–water partition coefficient (Wildman–Crippen LogP) is 3.00. The summed E-state index contributed by atoms with van der Waals surface area (Å²) in [5, 5.41) is 7.33. The molecule has 2 fully saturated rings. The highest BCUT2D eigenvalue weighted by Crippen LogP contribution is 2.29. The van der Waals surface area contributed by atoms with Crippen LogP contribution in [-0.4, -0.2) is 47.1 Å². The van der Waals surface area contributed by atoms with Gasteiger partial charge in [0.05, 0.1) is 5.92 Å². The fraction of sp³-hybridized carbons (Fsp3) is 0.526. The number of hydrogen-bond acceptors (Lipinski definition) is 5. The number of rotatable bonds is 3. The van der Waals surface area contributed by atoms with E-state index in [-0.39, 0.29) is 36.0 Å². The van der Waals surface area contributed by atoms with Gasteiger partial charge in [-0.2, -0.15) is 4.98 Å². The fourth-order valence-corrected chi connectivity index (χ4v) is 3.82. The molecular weight excluding hydrogens is 371 g/mol.